The van der Waals surface area contributed by atoms with Gasteiger partial charge in [-0.3, -0.25) is 9.59 Å². The second-order valence-corrected chi connectivity index (χ2v) is 4.08. The third-order valence-electron chi connectivity index (χ3n) is 2.52. The van der Waals surface area contributed by atoms with Crippen LogP contribution in [0.1, 0.15) is 12.0 Å². The summed E-state index contributed by atoms with van der Waals surface area (Å²) in [5.41, 5.74) is -0.474. The molecule has 1 amide bonds. The molecule has 0 saturated heterocycles. The molecule has 4 nitrogen and oxygen atoms in total. The normalized spacial score (nSPS) is 11.3. The number of carboxylic acid groups (broad SMARTS) is 1. The molecule has 0 unspecified atom stereocenters. The van der Waals surface area contributed by atoms with E-state index in [2.05, 4.69) is 0 Å². The van der Waals surface area contributed by atoms with Crippen molar-refractivity contribution in [1.29, 1.82) is 0 Å². The van der Waals surface area contributed by atoms with Gasteiger partial charge in [0.15, 0.2) is 11.6 Å². The summed E-state index contributed by atoms with van der Waals surface area (Å²) in [7, 11) is 0. The molecule has 0 heterocycles. The number of alkyl halides is 3. The average Bonchev–Trinajstić information content (AvgIpc) is 2.37. The molecule has 0 aromatic heterocycles. The van der Waals surface area contributed by atoms with Gasteiger partial charge in [-0.05, 0) is 6.07 Å². The molecule has 21 heavy (non-hydrogen) atoms. The van der Waals surface area contributed by atoms with Crippen LogP contribution in [0.15, 0.2) is 18.2 Å². The number of hydrogen-bond acceptors (Lipinski definition) is 2. The minimum atomic E-state index is -5.23. The summed E-state index contributed by atoms with van der Waals surface area (Å²) >= 11 is 0. The van der Waals surface area contributed by atoms with Crippen molar-refractivity contribution in [2.75, 3.05) is 6.54 Å². The van der Waals surface area contributed by atoms with E-state index in [1.54, 1.807) is 0 Å². The van der Waals surface area contributed by atoms with Gasteiger partial charge in [0, 0.05) is 18.7 Å². The van der Waals surface area contributed by atoms with Crippen molar-refractivity contribution in [3.8, 4) is 0 Å². The van der Waals surface area contributed by atoms with E-state index in [0.29, 0.717) is 0 Å². The molecule has 0 atom stereocenters. The number of halogens is 5. The average molecular weight is 311 g/mol. The molecule has 0 spiro atoms. The van der Waals surface area contributed by atoms with Crippen molar-refractivity contribution in [3.63, 3.8) is 0 Å². The van der Waals surface area contributed by atoms with E-state index in [4.69, 9.17) is 5.11 Å². The Bertz CT molecular complexity index is 544. The number of hydrogen-bond donors (Lipinski definition) is 1. The quantitative estimate of drug-likeness (QED) is 0.849. The monoisotopic (exact) mass is 311 g/mol. The van der Waals surface area contributed by atoms with Gasteiger partial charge >= 0.3 is 18.1 Å². The van der Waals surface area contributed by atoms with Gasteiger partial charge in [-0.1, -0.05) is 12.1 Å². The Balaban J connectivity index is 2.99. The number of benzene rings is 1. The highest BCUT2D eigenvalue weighted by Crippen LogP contribution is 2.21. The lowest BCUT2D eigenvalue weighted by Crippen LogP contribution is -2.41. The van der Waals surface area contributed by atoms with Crippen LogP contribution in [0.5, 0.6) is 0 Å². The first-order valence-corrected chi connectivity index (χ1v) is 5.63. The maximum Gasteiger partial charge on any atom is 0.471 e. The number of amides is 1. The van der Waals surface area contributed by atoms with E-state index in [-0.39, 0.29) is 4.90 Å². The summed E-state index contributed by atoms with van der Waals surface area (Å²) in [5, 5.41) is 8.46. The zero-order chi connectivity index (χ0) is 16.2. The third-order valence-corrected chi connectivity index (χ3v) is 2.52. The van der Waals surface area contributed by atoms with Gasteiger partial charge in [-0.15, -0.1) is 0 Å². The Labute approximate surface area is 115 Å². The summed E-state index contributed by atoms with van der Waals surface area (Å²) in [5.74, 6) is -6.39. The molecule has 0 saturated carbocycles. The van der Waals surface area contributed by atoms with Crippen LogP contribution in [-0.4, -0.2) is 34.6 Å². The first-order chi connectivity index (χ1) is 9.62. The lowest BCUT2D eigenvalue weighted by molar-refractivity contribution is -0.186. The van der Waals surface area contributed by atoms with Crippen LogP contribution < -0.4 is 0 Å². The molecular weight excluding hydrogens is 301 g/mol. The fourth-order valence-electron chi connectivity index (χ4n) is 1.54. The number of rotatable bonds is 5. The van der Waals surface area contributed by atoms with E-state index in [0.717, 1.165) is 18.2 Å². The highest BCUT2D eigenvalue weighted by atomic mass is 19.4. The lowest BCUT2D eigenvalue weighted by Gasteiger charge is -2.23. The van der Waals surface area contributed by atoms with Crippen LogP contribution in [0.4, 0.5) is 22.0 Å². The fourth-order valence-corrected chi connectivity index (χ4v) is 1.54. The van der Waals surface area contributed by atoms with Crippen LogP contribution in [0.2, 0.25) is 0 Å². The lowest BCUT2D eigenvalue weighted by atomic mass is 10.2. The Morgan fingerprint density at radius 3 is 2.33 bits per heavy atom. The van der Waals surface area contributed by atoms with E-state index >= 15 is 0 Å². The summed E-state index contributed by atoms with van der Waals surface area (Å²) < 4.78 is 63.6. The molecule has 0 bridgehead atoms. The summed E-state index contributed by atoms with van der Waals surface area (Å²) in [6, 6.07) is 2.85. The molecular formula is C12H10F5NO3. The molecule has 9 heteroatoms. The van der Waals surface area contributed by atoms with Crippen molar-refractivity contribution in [3.05, 3.63) is 35.4 Å². The standard InChI is InChI=1S/C12H10F5NO3/c13-8-3-1-2-7(10(8)14)6-18(5-4-9(19)20)11(21)12(15,16)17/h1-3H,4-6H2,(H,19,20). The topological polar surface area (TPSA) is 57.6 Å². The molecule has 0 radical (unpaired) electrons. The van der Waals surface area contributed by atoms with Gasteiger partial charge in [-0.25, -0.2) is 8.78 Å². The maximum atomic E-state index is 13.4. The minimum Gasteiger partial charge on any atom is -0.481 e. The summed E-state index contributed by atoms with van der Waals surface area (Å²) in [6.45, 7) is -1.65. The fraction of sp³-hybridized carbons (Fsp3) is 0.333. The first kappa shape index (κ1) is 16.9. The van der Waals surface area contributed by atoms with E-state index in [9.17, 15) is 31.5 Å². The number of carboxylic acids is 1. The maximum absolute atomic E-state index is 13.4. The largest absolute Gasteiger partial charge is 0.481 e. The number of carbonyl (C=O) groups is 2. The molecule has 0 aliphatic heterocycles. The van der Waals surface area contributed by atoms with Gasteiger partial charge in [0.25, 0.3) is 0 Å². The molecule has 0 aliphatic rings. The Kier molecular flexibility index (Phi) is 5.23. The van der Waals surface area contributed by atoms with E-state index < -0.39 is 54.8 Å². The molecule has 1 N–H and O–H groups in total. The SMILES string of the molecule is O=C(O)CCN(Cc1cccc(F)c1F)C(=O)C(F)(F)F. The second kappa shape index (κ2) is 6.51. The summed E-state index contributed by atoms with van der Waals surface area (Å²) in [6.07, 6.45) is -5.99. The Morgan fingerprint density at radius 2 is 1.81 bits per heavy atom. The zero-order valence-corrected chi connectivity index (χ0v) is 10.5. The number of aliphatic carboxylic acids is 1. The van der Waals surface area contributed by atoms with Gasteiger partial charge in [0.2, 0.25) is 0 Å². The van der Waals surface area contributed by atoms with Crippen molar-refractivity contribution in [2.45, 2.75) is 19.1 Å². The molecule has 1 aromatic carbocycles. The smallest absolute Gasteiger partial charge is 0.471 e. The van der Waals surface area contributed by atoms with Gasteiger partial charge < -0.3 is 10.0 Å². The van der Waals surface area contributed by atoms with Crippen LogP contribution in [-0.2, 0) is 16.1 Å². The van der Waals surface area contributed by atoms with E-state index in [1.165, 1.54) is 0 Å². The minimum absolute atomic E-state index is 0.117. The van der Waals surface area contributed by atoms with Gasteiger partial charge in [0.1, 0.15) is 0 Å². The highest BCUT2D eigenvalue weighted by molar-refractivity contribution is 5.82. The predicted octanol–water partition coefficient (Wildman–Crippen LogP) is 2.33. The van der Waals surface area contributed by atoms with Crippen LogP contribution in [0.3, 0.4) is 0 Å². The summed E-state index contributed by atoms with van der Waals surface area (Å²) in [4.78, 5) is 21.7. The van der Waals surface area contributed by atoms with Gasteiger partial charge in [-0.2, -0.15) is 13.2 Å². The van der Waals surface area contributed by atoms with Gasteiger partial charge in [0.05, 0.1) is 6.42 Å². The number of nitrogens with zero attached hydrogens (tertiary/aromatic N) is 1. The predicted molar refractivity (Wildman–Crippen MR) is 60.1 cm³/mol. The molecule has 1 rings (SSSR count). The number of carbonyl (C=O) groups excluding carboxylic acids is 1. The first-order valence-electron chi connectivity index (χ1n) is 5.63. The Morgan fingerprint density at radius 1 is 1.19 bits per heavy atom. The van der Waals surface area contributed by atoms with Crippen molar-refractivity contribution in [1.82, 2.24) is 4.90 Å². The molecule has 0 aliphatic carbocycles. The zero-order valence-electron chi connectivity index (χ0n) is 10.5. The third kappa shape index (κ3) is 4.69. The molecule has 0 fully saturated rings. The van der Waals surface area contributed by atoms with Crippen LogP contribution >= 0.6 is 0 Å². The van der Waals surface area contributed by atoms with Crippen molar-refractivity contribution < 1.29 is 36.6 Å². The highest BCUT2D eigenvalue weighted by Gasteiger charge is 2.42. The molecule has 1 aromatic rings. The van der Waals surface area contributed by atoms with Crippen LogP contribution in [0.25, 0.3) is 0 Å². The second-order valence-electron chi connectivity index (χ2n) is 4.08. The molecule has 116 valence electrons. The van der Waals surface area contributed by atoms with Crippen LogP contribution in [0, 0.1) is 11.6 Å². The van der Waals surface area contributed by atoms with Crippen molar-refractivity contribution >= 4 is 11.9 Å². The van der Waals surface area contributed by atoms with E-state index in [1.807, 2.05) is 0 Å². The Hall–Kier alpha value is -2.19. The van der Waals surface area contributed by atoms with Crippen molar-refractivity contribution in [2.24, 2.45) is 0 Å².